The Morgan fingerprint density at radius 1 is 1.37 bits per heavy atom. The van der Waals surface area contributed by atoms with Gasteiger partial charge >= 0.3 is 0 Å². The van der Waals surface area contributed by atoms with E-state index in [1.807, 2.05) is 4.90 Å². The number of piperidine rings is 1. The van der Waals surface area contributed by atoms with E-state index in [1.54, 1.807) is 0 Å². The summed E-state index contributed by atoms with van der Waals surface area (Å²) in [6.45, 7) is 2.57. The molecule has 0 bridgehead atoms. The van der Waals surface area contributed by atoms with Crippen LogP contribution in [0.5, 0.6) is 0 Å². The maximum Gasteiger partial charge on any atom is 0.240 e. The highest BCUT2D eigenvalue weighted by atomic mass is 79.9. The smallest absolute Gasteiger partial charge is 0.240 e. The predicted octanol–water partition coefficient (Wildman–Crippen LogP) is 2.48. The number of hydrogen-bond donors (Lipinski definition) is 1. The SMILES string of the molecule is O=C(C1CCCCN1)N1CCc2c(Br)cccc2C1. The van der Waals surface area contributed by atoms with Crippen molar-refractivity contribution in [1.29, 1.82) is 0 Å². The molecule has 3 nitrogen and oxygen atoms in total. The van der Waals surface area contributed by atoms with Gasteiger partial charge in [0, 0.05) is 17.6 Å². The largest absolute Gasteiger partial charge is 0.337 e. The molecule has 2 aliphatic heterocycles. The monoisotopic (exact) mass is 322 g/mol. The molecular formula is C15H19BrN2O. The summed E-state index contributed by atoms with van der Waals surface area (Å²) in [6.07, 6.45) is 4.30. The summed E-state index contributed by atoms with van der Waals surface area (Å²) in [5.41, 5.74) is 2.65. The molecule has 4 heteroatoms. The molecule has 2 aliphatic rings. The van der Waals surface area contributed by atoms with E-state index in [0.29, 0.717) is 0 Å². The number of benzene rings is 1. The lowest BCUT2D eigenvalue weighted by Gasteiger charge is -2.33. The van der Waals surface area contributed by atoms with Gasteiger partial charge in [-0.3, -0.25) is 4.79 Å². The van der Waals surface area contributed by atoms with Crippen molar-refractivity contribution in [3.63, 3.8) is 0 Å². The molecule has 0 radical (unpaired) electrons. The van der Waals surface area contributed by atoms with E-state index in [2.05, 4.69) is 39.4 Å². The summed E-state index contributed by atoms with van der Waals surface area (Å²) in [5, 5.41) is 3.35. The minimum Gasteiger partial charge on any atom is -0.337 e. The number of nitrogens with zero attached hydrogens (tertiary/aromatic N) is 1. The van der Waals surface area contributed by atoms with Crippen LogP contribution in [-0.2, 0) is 17.8 Å². The molecule has 1 N–H and O–H groups in total. The summed E-state index contributed by atoms with van der Waals surface area (Å²) < 4.78 is 1.17. The Bertz CT molecular complexity index is 483. The molecule has 1 amide bonds. The number of amides is 1. The first-order chi connectivity index (χ1) is 9.25. The molecule has 3 rings (SSSR count). The summed E-state index contributed by atoms with van der Waals surface area (Å²) in [4.78, 5) is 14.5. The quantitative estimate of drug-likeness (QED) is 0.861. The maximum atomic E-state index is 12.5. The lowest BCUT2D eigenvalue weighted by atomic mass is 9.98. The Morgan fingerprint density at radius 2 is 2.26 bits per heavy atom. The standard InChI is InChI=1S/C15H19BrN2O/c16-13-5-3-4-11-10-18(9-7-12(11)13)15(19)14-6-1-2-8-17-14/h3-5,14,17H,1-2,6-10H2. The highest BCUT2D eigenvalue weighted by Crippen LogP contribution is 2.27. The van der Waals surface area contributed by atoms with Gasteiger partial charge in [-0.05, 0) is 43.0 Å². The van der Waals surface area contributed by atoms with Crippen molar-refractivity contribution in [1.82, 2.24) is 10.2 Å². The zero-order chi connectivity index (χ0) is 13.2. The molecular weight excluding hydrogens is 304 g/mol. The minimum absolute atomic E-state index is 0.0439. The lowest BCUT2D eigenvalue weighted by Crippen LogP contribution is -2.49. The maximum absolute atomic E-state index is 12.5. The number of carbonyl (C=O) groups excluding carboxylic acids is 1. The van der Waals surface area contributed by atoms with Gasteiger partial charge in [0.1, 0.15) is 0 Å². The zero-order valence-electron chi connectivity index (χ0n) is 11.0. The van der Waals surface area contributed by atoms with E-state index in [1.165, 1.54) is 28.4 Å². The molecule has 0 spiro atoms. The van der Waals surface area contributed by atoms with Crippen LogP contribution in [0.15, 0.2) is 22.7 Å². The Labute approximate surface area is 122 Å². The van der Waals surface area contributed by atoms with E-state index in [9.17, 15) is 4.79 Å². The van der Waals surface area contributed by atoms with Crippen molar-refractivity contribution in [3.8, 4) is 0 Å². The van der Waals surface area contributed by atoms with Gasteiger partial charge in [0.15, 0.2) is 0 Å². The van der Waals surface area contributed by atoms with Gasteiger partial charge in [0.25, 0.3) is 0 Å². The van der Waals surface area contributed by atoms with Gasteiger partial charge in [-0.25, -0.2) is 0 Å². The average Bonchev–Trinajstić information content (AvgIpc) is 2.47. The van der Waals surface area contributed by atoms with Gasteiger partial charge < -0.3 is 10.2 Å². The van der Waals surface area contributed by atoms with Crippen molar-refractivity contribution in [2.45, 2.75) is 38.3 Å². The molecule has 1 saturated heterocycles. The second kappa shape index (κ2) is 5.63. The van der Waals surface area contributed by atoms with Crippen LogP contribution in [0.25, 0.3) is 0 Å². The third kappa shape index (κ3) is 2.70. The van der Waals surface area contributed by atoms with Crippen molar-refractivity contribution in [3.05, 3.63) is 33.8 Å². The van der Waals surface area contributed by atoms with Gasteiger partial charge in [0.2, 0.25) is 5.91 Å². The first-order valence-electron chi connectivity index (χ1n) is 7.04. The van der Waals surface area contributed by atoms with E-state index in [-0.39, 0.29) is 11.9 Å². The second-order valence-electron chi connectivity index (χ2n) is 5.39. The van der Waals surface area contributed by atoms with Gasteiger partial charge in [0.05, 0.1) is 6.04 Å². The Hall–Kier alpha value is -0.870. The molecule has 1 aromatic carbocycles. The van der Waals surface area contributed by atoms with Crippen LogP contribution in [0.1, 0.15) is 30.4 Å². The highest BCUT2D eigenvalue weighted by molar-refractivity contribution is 9.10. The van der Waals surface area contributed by atoms with Crippen molar-refractivity contribution >= 4 is 21.8 Å². The summed E-state index contributed by atoms with van der Waals surface area (Å²) in [6, 6.07) is 6.31. The summed E-state index contributed by atoms with van der Waals surface area (Å²) >= 11 is 3.60. The third-order valence-electron chi connectivity index (χ3n) is 4.13. The Morgan fingerprint density at radius 3 is 3.05 bits per heavy atom. The fourth-order valence-corrected chi connectivity index (χ4v) is 3.64. The van der Waals surface area contributed by atoms with Crippen molar-refractivity contribution in [2.24, 2.45) is 0 Å². The van der Waals surface area contributed by atoms with Gasteiger partial charge in [-0.1, -0.05) is 34.5 Å². The first-order valence-corrected chi connectivity index (χ1v) is 7.83. The van der Waals surface area contributed by atoms with E-state index in [4.69, 9.17) is 0 Å². The fourth-order valence-electron chi connectivity index (χ4n) is 3.03. The predicted molar refractivity (Wildman–Crippen MR) is 78.9 cm³/mol. The topological polar surface area (TPSA) is 32.3 Å². The number of fused-ring (bicyclic) bond motifs is 1. The molecule has 0 saturated carbocycles. The van der Waals surface area contributed by atoms with Crippen molar-refractivity contribution in [2.75, 3.05) is 13.1 Å². The lowest BCUT2D eigenvalue weighted by molar-refractivity contribution is -0.135. The van der Waals surface area contributed by atoms with Crippen LogP contribution >= 0.6 is 15.9 Å². The molecule has 19 heavy (non-hydrogen) atoms. The van der Waals surface area contributed by atoms with Crippen molar-refractivity contribution < 1.29 is 4.79 Å². The molecule has 1 unspecified atom stereocenters. The number of rotatable bonds is 1. The number of carbonyl (C=O) groups is 1. The Kier molecular flexibility index (Phi) is 3.89. The van der Waals surface area contributed by atoms with Gasteiger partial charge in [-0.15, -0.1) is 0 Å². The van der Waals surface area contributed by atoms with Crippen LogP contribution < -0.4 is 5.32 Å². The van der Waals surface area contributed by atoms with Crippen LogP contribution in [0.3, 0.4) is 0 Å². The zero-order valence-corrected chi connectivity index (χ0v) is 12.6. The molecule has 1 aromatic rings. The normalized spacial score (nSPS) is 23.0. The third-order valence-corrected chi connectivity index (χ3v) is 4.87. The molecule has 1 fully saturated rings. The van der Waals surface area contributed by atoms with Gasteiger partial charge in [-0.2, -0.15) is 0 Å². The van der Waals surface area contributed by atoms with Crippen LogP contribution in [-0.4, -0.2) is 29.9 Å². The minimum atomic E-state index is 0.0439. The summed E-state index contributed by atoms with van der Waals surface area (Å²) in [7, 11) is 0. The highest BCUT2D eigenvalue weighted by Gasteiger charge is 2.28. The van der Waals surface area contributed by atoms with Crippen LogP contribution in [0.4, 0.5) is 0 Å². The molecule has 1 atom stereocenters. The molecule has 2 heterocycles. The fraction of sp³-hybridized carbons (Fsp3) is 0.533. The molecule has 0 aliphatic carbocycles. The van der Waals surface area contributed by atoms with E-state index < -0.39 is 0 Å². The second-order valence-corrected chi connectivity index (χ2v) is 6.24. The van der Waals surface area contributed by atoms with E-state index >= 15 is 0 Å². The number of halogens is 1. The Balaban J connectivity index is 1.73. The summed E-state index contributed by atoms with van der Waals surface area (Å²) in [5.74, 6) is 0.283. The average molecular weight is 323 g/mol. The van der Waals surface area contributed by atoms with Crippen LogP contribution in [0, 0.1) is 0 Å². The van der Waals surface area contributed by atoms with Crippen LogP contribution in [0.2, 0.25) is 0 Å². The number of hydrogen-bond acceptors (Lipinski definition) is 2. The number of nitrogens with one attached hydrogen (secondary N) is 1. The molecule has 102 valence electrons. The first kappa shape index (κ1) is 13.1. The van der Waals surface area contributed by atoms with E-state index in [0.717, 1.165) is 32.5 Å². The molecule has 0 aromatic heterocycles.